The second kappa shape index (κ2) is 13.6. The molecule has 0 aromatic heterocycles. The van der Waals surface area contributed by atoms with Crippen LogP contribution in [0.3, 0.4) is 0 Å². The zero-order valence-corrected chi connectivity index (χ0v) is 30.8. The molecule has 2 N–H and O–H groups in total. The van der Waals surface area contributed by atoms with Crippen molar-refractivity contribution in [1.29, 1.82) is 0 Å². The Morgan fingerprint density at radius 1 is 0.863 bits per heavy atom. The number of nitrogens with one attached hydrogen (secondary N) is 1. The smallest absolute Gasteiger partial charge is 0.410 e. The fourth-order valence-corrected chi connectivity index (χ4v) is 8.78. The minimum Gasteiger partial charge on any atom is -0.478 e. The van der Waals surface area contributed by atoms with Gasteiger partial charge in [0.2, 0.25) is 11.8 Å². The maximum atomic E-state index is 14.9. The number of benzene rings is 2. The standard InChI is InChI=1S/C41H52N4O6/c1-38(2,3)51-37(50)44-25-21-42-32(26-44)34(46)43-23-19-41(20-24-43,30-10-8-7-9-11-30)36(49)45-22-17-33-39(4,5)31(16-18-40(33,6)27-45)28-12-14-29(15-13-28)35(47)48/h7-17,32,42H,18-27H2,1-6H3,(H,47,48)/t32?,40-/m1/s1. The van der Waals surface area contributed by atoms with Gasteiger partial charge in [-0.2, -0.15) is 0 Å². The summed E-state index contributed by atoms with van der Waals surface area (Å²) in [4.78, 5) is 58.4. The molecule has 0 radical (unpaired) electrons. The lowest BCUT2D eigenvalue weighted by molar-refractivity contribution is -0.145. The zero-order chi connectivity index (χ0) is 36.8. The van der Waals surface area contributed by atoms with E-state index in [4.69, 9.17) is 4.74 Å². The first kappa shape index (κ1) is 36.4. The molecule has 2 fully saturated rings. The molecule has 10 heteroatoms. The number of allylic oxidation sites excluding steroid dienone is 2. The van der Waals surface area contributed by atoms with Crippen molar-refractivity contribution in [3.05, 3.63) is 89.0 Å². The molecule has 51 heavy (non-hydrogen) atoms. The Morgan fingerprint density at radius 3 is 2.16 bits per heavy atom. The van der Waals surface area contributed by atoms with Crippen LogP contribution in [0.15, 0.2) is 72.3 Å². The van der Waals surface area contributed by atoms with Gasteiger partial charge in [-0.15, -0.1) is 0 Å². The van der Waals surface area contributed by atoms with Crippen LogP contribution in [0.25, 0.3) is 5.57 Å². The van der Waals surface area contributed by atoms with E-state index in [2.05, 4.69) is 38.2 Å². The normalized spacial score (nSPS) is 24.5. The number of carbonyl (C=O) groups excluding carboxylic acids is 3. The van der Waals surface area contributed by atoms with Gasteiger partial charge < -0.3 is 29.9 Å². The van der Waals surface area contributed by atoms with Crippen molar-refractivity contribution < 1.29 is 29.0 Å². The van der Waals surface area contributed by atoms with Crippen LogP contribution in [0.1, 0.15) is 82.3 Å². The lowest BCUT2D eigenvalue weighted by atomic mass is 9.58. The van der Waals surface area contributed by atoms with Crippen LogP contribution in [-0.2, 0) is 19.7 Å². The molecule has 3 aliphatic heterocycles. The van der Waals surface area contributed by atoms with Crippen LogP contribution in [-0.4, -0.2) is 101 Å². The number of hydrogen-bond acceptors (Lipinski definition) is 6. The summed E-state index contributed by atoms with van der Waals surface area (Å²) >= 11 is 0. The minimum absolute atomic E-state index is 0.0555. The van der Waals surface area contributed by atoms with Crippen molar-refractivity contribution in [3.8, 4) is 0 Å². The largest absolute Gasteiger partial charge is 0.478 e. The fourth-order valence-electron chi connectivity index (χ4n) is 8.78. The molecule has 3 amide bonds. The van der Waals surface area contributed by atoms with Gasteiger partial charge in [-0.25, -0.2) is 9.59 Å². The number of rotatable bonds is 5. The number of hydrogen-bond donors (Lipinski definition) is 2. The molecule has 2 atom stereocenters. The van der Waals surface area contributed by atoms with E-state index in [-0.39, 0.29) is 34.8 Å². The highest BCUT2D eigenvalue weighted by molar-refractivity contribution is 5.91. The molecule has 2 saturated heterocycles. The Kier molecular flexibility index (Phi) is 9.69. The number of aromatic carboxylic acids is 1. The first-order chi connectivity index (χ1) is 24.0. The Morgan fingerprint density at radius 2 is 1.53 bits per heavy atom. The maximum absolute atomic E-state index is 14.9. The number of ether oxygens (including phenoxy) is 1. The zero-order valence-electron chi connectivity index (χ0n) is 30.8. The third kappa shape index (κ3) is 7.07. The van der Waals surface area contributed by atoms with Gasteiger partial charge in [-0.05, 0) is 68.9 Å². The number of nitrogens with zero attached hydrogens (tertiary/aromatic N) is 3. The molecule has 3 heterocycles. The van der Waals surface area contributed by atoms with Crippen LogP contribution >= 0.6 is 0 Å². The van der Waals surface area contributed by atoms with Crippen LogP contribution in [0.2, 0.25) is 0 Å². The monoisotopic (exact) mass is 696 g/mol. The quantitative estimate of drug-likeness (QED) is 0.383. The van der Waals surface area contributed by atoms with Gasteiger partial charge in [0.25, 0.3) is 0 Å². The summed E-state index contributed by atoms with van der Waals surface area (Å²) in [5.41, 5.74) is 2.78. The van der Waals surface area contributed by atoms with Gasteiger partial charge in [0, 0.05) is 56.6 Å². The first-order valence-electron chi connectivity index (χ1n) is 18.1. The summed E-state index contributed by atoms with van der Waals surface area (Å²) in [7, 11) is 0. The molecule has 2 aromatic carbocycles. The van der Waals surface area contributed by atoms with Crippen LogP contribution in [0.4, 0.5) is 4.79 Å². The predicted molar refractivity (Wildman–Crippen MR) is 196 cm³/mol. The predicted octanol–water partition coefficient (Wildman–Crippen LogP) is 5.74. The van der Waals surface area contributed by atoms with E-state index in [1.807, 2.05) is 73.0 Å². The van der Waals surface area contributed by atoms with Gasteiger partial charge in [-0.1, -0.05) is 81.0 Å². The average Bonchev–Trinajstić information content (AvgIpc) is 3.10. The highest BCUT2D eigenvalue weighted by Gasteiger charge is 2.51. The van der Waals surface area contributed by atoms with Gasteiger partial charge in [0.15, 0.2) is 0 Å². The van der Waals surface area contributed by atoms with Crippen molar-refractivity contribution in [2.24, 2.45) is 10.8 Å². The van der Waals surface area contributed by atoms with Crippen LogP contribution in [0.5, 0.6) is 0 Å². The summed E-state index contributed by atoms with van der Waals surface area (Å²) in [6.45, 7) is 15.4. The number of amides is 3. The summed E-state index contributed by atoms with van der Waals surface area (Å²) in [5.74, 6) is -0.898. The van der Waals surface area contributed by atoms with Gasteiger partial charge in [0.05, 0.1) is 11.0 Å². The van der Waals surface area contributed by atoms with Crippen molar-refractivity contribution >= 4 is 29.5 Å². The van der Waals surface area contributed by atoms with Crippen molar-refractivity contribution in [2.45, 2.75) is 77.9 Å². The van der Waals surface area contributed by atoms with Gasteiger partial charge in [-0.3, -0.25) is 9.59 Å². The van der Waals surface area contributed by atoms with E-state index in [1.165, 1.54) is 11.1 Å². The van der Waals surface area contributed by atoms with Gasteiger partial charge >= 0.3 is 12.1 Å². The number of likely N-dealkylation sites (tertiary alicyclic amines) is 1. The van der Waals surface area contributed by atoms with Crippen molar-refractivity contribution in [1.82, 2.24) is 20.0 Å². The molecule has 0 spiro atoms. The average molecular weight is 697 g/mol. The van der Waals surface area contributed by atoms with Crippen LogP contribution < -0.4 is 5.32 Å². The molecule has 0 saturated carbocycles. The highest BCUT2D eigenvalue weighted by atomic mass is 16.6. The van der Waals surface area contributed by atoms with E-state index >= 15 is 0 Å². The van der Waals surface area contributed by atoms with E-state index in [0.29, 0.717) is 52.1 Å². The molecule has 10 nitrogen and oxygen atoms in total. The highest BCUT2D eigenvalue weighted by Crippen LogP contribution is 2.55. The molecule has 0 bridgehead atoms. The molecular weight excluding hydrogens is 644 g/mol. The number of carboxylic acids is 1. The van der Waals surface area contributed by atoms with Crippen molar-refractivity contribution in [2.75, 3.05) is 45.8 Å². The minimum atomic E-state index is -0.941. The number of piperidine rings is 1. The topological polar surface area (TPSA) is 119 Å². The molecule has 272 valence electrons. The van der Waals surface area contributed by atoms with E-state index in [1.54, 1.807) is 17.0 Å². The van der Waals surface area contributed by atoms with E-state index in [0.717, 1.165) is 17.5 Å². The summed E-state index contributed by atoms with van der Waals surface area (Å²) in [6.07, 6.45) is 5.87. The Bertz CT molecular complexity index is 1730. The maximum Gasteiger partial charge on any atom is 0.410 e. The van der Waals surface area contributed by atoms with Gasteiger partial charge in [0.1, 0.15) is 11.6 Å². The fraction of sp³-hybridized carbons (Fsp3) is 0.512. The SMILES string of the molecule is CC(C)(C)OC(=O)N1CCNC(C(=O)N2CCC(C(=O)N3CC=C4C(C)(C)C(c5ccc(C(=O)O)cc5)=CC[C@]4(C)C3)(c3ccccc3)CC2)C1. The van der Waals surface area contributed by atoms with Crippen molar-refractivity contribution in [3.63, 3.8) is 0 Å². The lowest BCUT2D eigenvalue weighted by Crippen LogP contribution is -2.62. The number of piperazine rings is 1. The third-order valence-electron chi connectivity index (χ3n) is 11.3. The Labute approximate surface area is 301 Å². The second-order valence-corrected chi connectivity index (χ2v) is 16.4. The lowest BCUT2D eigenvalue weighted by Gasteiger charge is -2.52. The van der Waals surface area contributed by atoms with E-state index < -0.39 is 29.1 Å². The third-order valence-corrected chi connectivity index (χ3v) is 11.3. The molecule has 4 aliphatic rings. The molecule has 6 rings (SSSR count). The molecule has 1 unspecified atom stereocenters. The Balaban J connectivity index is 1.18. The second-order valence-electron chi connectivity index (χ2n) is 16.4. The molecular formula is C41H52N4O6. The van der Waals surface area contributed by atoms with Crippen LogP contribution in [0, 0.1) is 10.8 Å². The summed E-state index contributed by atoms with van der Waals surface area (Å²) in [5, 5.41) is 12.7. The summed E-state index contributed by atoms with van der Waals surface area (Å²) in [6, 6.07) is 16.6. The Hall–Kier alpha value is -4.44. The molecule has 1 aliphatic carbocycles. The number of carboxylic acid groups (broad SMARTS) is 1. The number of fused-ring (bicyclic) bond motifs is 1. The molecule has 2 aromatic rings. The summed E-state index contributed by atoms with van der Waals surface area (Å²) < 4.78 is 5.57. The number of carbonyl (C=O) groups is 4. The van der Waals surface area contributed by atoms with E-state index in [9.17, 15) is 24.3 Å². The first-order valence-corrected chi connectivity index (χ1v) is 18.1.